The average molecular weight is 327 g/mol. The molecule has 0 saturated carbocycles. The van der Waals surface area contributed by atoms with Gasteiger partial charge >= 0.3 is 0 Å². The summed E-state index contributed by atoms with van der Waals surface area (Å²) in [6.45, 7) is 3.15. The number of nitrogens with zero attached hydrogens (tertiary/aromatic N) is 2. The molecule has 5 heteroatoms. The number of aromatic nitrogens is 1. The summed E-state index contributed by atoms with van der Waals surface area (Å²) in [5, 5.41) is 3.00. The van der Waals surface area contributed by atoms with E-state index in [0.717, 1.165) is 23.3 Å². The highest BCUT2D eigenvalue weighted by atomic mass is 16.5. The molecular weight excluding hydrogens is 302 g/mol. The van der Waals surface area contributed by atoms with E-state index >= 15 is 0 Å². The number of benzene rings is 1. The van der Waals surface area contributed by atoms with Crippen molar-refractivity contribution >= 4 is 5.91 Å². The lowest BCUT2D eigenvalue weighted by Crippen LogP contribution is -2.38. The highest BCUT2D eigenvalue weighted by molar-refractivity contribution is 5.83. The molecule has 5 nitrogen and oxygen atoms in total. The van der Waals surface area contributed by atoms with E-state index in [1.807, 2.05) is 62.3 Å². The maximum Gasteiger partial charge on any atom is 0.241 e. The Morgan fingerprint density at radius 3 is 2.71 bits per heavy atom. The second kappa shape index (κ2) is 9.03. The standard InChI is InChI=1S/C19H25N3O2/c1-15-8-4-5-10-17(15)18(22(2)3)19(23)21-12-7-13-24-16-9-6-11-20-14-16/h4-6,8-11,14,18H,7,12-13H2,1-3H3,(H,21,23). The minimum absolute atomic E-state index is 0.00989. The molecule has 0 spiro atoms. The first kappa shape index (κ1) is 17.9. The monoisotopic (exact) mass is 327 g/mol. The predicted octanol–water partition coefficient (Wildman–Crippen LogP) is 2.58. The maximum atomic E-state index is 12.6. The predicted molar refractivity (Wildman–Crippen MR) is 95.0 cm³/mol. The second-order valence-corrected chi connectivity index (χ2v) is 5.90. The number of hydrogen-bond acceptors (Lipinski definition) is 4. The van der Waals surface area contributed by atoms with Gasteiger partial charge in [0.25, 0.3) is 0 Å². The molecule has 2 rings (SSSR count). The van der Waals surface area contributed by atoms with E-state index in [1.54, 1.807) is 12.4 Å². The van der Waals surface area contributed by atoms with Crippen LogP contribution in [0.15, 0.2) is 48.8 Å². The van der Waals surface area contributed by atoms with Crippen LogP contribution in [0.3, 0.4) is 0 Å². The van der Waals surface area contributed by atoms with Crippen LogP contribution in [-0.4, -0.2) is 43.0 Å². The number of ether oxygens (including phenoxy) is 1. The summed E-state index contributed by atoms with van der Waals surface area (Å²) in [5.41, 5.74) is 2.15. The Kier molecular flexibility index (Phi) is 6.75. The Balaban J connectivity index is 1.82. The van der Waals surface area contributed by atoms with Crippen molar-refractivity contribution in [3.05, 3.63) is 59.9 Å². The lowest BCUT2D eigenvalue weighted by molar-refractivity contribution is -0.125. The first-order valence-electron chi connectivity index (χ1n) is 8.12. The molecule has 0 aliphatic carbocycles. The molecule has 1 aromatic heterocycles. The number of pyridine rings is 1. The summed E-state index contributed by atoms with van der Waals surface area (Å²) in [4.78, 5) is 18.5. The lowest BCUT2D eigenvalue weighted by atomic mass is 10.00. The van der Waals surface area contributed by atoms with Crippen LogP contribution in [0.5, 0.6) is 5.75 Å². The van der Waals surface area contributed by atoms with E-state index in [2.05, 4.69) is 10.3 Å². The molecule has 0 aliphatic heterocycles. The number of carbonyl (C=O) groups is 1. The third-order valence-electron chi connectivity index (χ3n) is 3.77. The van der Waals surface area contributed by atoms with Gasteiger partial charge < -0.3 is 10.1 Å². The van der Waals surface area contributed by atoms with Gasteiger partial charge in [-0.1, -0.05) is 24.3 Å². The number of carbonyl (C=O) groups excluding carboxylic acids is 1. The molecule has 1 N–H and O–H groups in total. The van der Waals surface area contributed by atoms with Gasteiger partial charge in [-0.15, -0.1) is 0 Å². The van der Waals surface area contributed by atoms with Gasteiger partial charge in [-0.2, -0.15) is 0 Å². The number of rotatable bonds is 8. The third kappa shape index (κ3) is 5.06. The molecule has 2 aromatic rings. The van der Waals surface area contributed by atoms with Crippen molar-refractivity contribution in [2.45, 2.75) is 19.4 Å². The molecule has 1 unspecified atom stereocenters. The van der Waals surface area contributed by atoms with Crippen LogP contribution in [0.4, 0.5) is 0 Å². The van der Waals surface area contributed by atoms with Crippen molar-refractivity contribution in [2.75, 3.05) is 27.2 Å². The van der Waals surface area contributed by atoms with Gasteiger partial charge in [0.1, 0.15) is 11.8 Å². The molecule has 1 aromatic carbocycles. The van der Waals surface area contributed by atoms with Crippen LogP contribution < -0.4 is 10.1 Å². The van der Waals surface area contributed by atoms with Crippen molar-refractivity contribution in [3.63, 3.8) is 0 Å². The number of likely N-dealkylation sites (N-methyl/N-ethyl adjacent to an activating group) is 1. The van der Waals surface area contributed by atoms with Crippen LogP contribution in [-0.2, 0) is 4.79 Å². The van der Waals surface area contributed by atoms with E-state index in [0.29, 0.717) is 13.2 Å². The molecule has 0 fully saturated rings. The quantitative estimate of drug-likeness (QED) is 0.757. The van der Waals surface area contributed by atoms with Gasteiger partial charge in [-0.3, -0.25) is 14.7 Å². The molecule has 0 bridgehead atoms. The van der Waals surface area contributed by atoms with Crippen molar-refractivity contribution in [1.82, 2.24) is 15.2 Å². The van der Waals surface area contributed by atoms with E-state index in [-0.39, 0.29) is 11.9 Å². The summed E-state index contributed by atoms with van der Waals surface area (Å²) in [6, 6.07) is 11.4. The summed E-state index contributed by atoms with van der Waals surface area (Å²) in [5.74, 6) is 0.755. The topological polar surface area (TPSA) is 54.5 Å². The zero-order chi connectivity index (χ0) is 17.4. The summed E-state index contributed by atoms with van der Waals surface area (Å²) in [7, 11) is 3.84. The van der Waals surface area contributed by atoms with E-state index in [1.165, 1.54) is 0 Å². The van der Waals surface area contributed by atoms with E-state index in [4.69, 9.17) is 4.74 Å². The minimum Gasteiger partial charge on any atom is -0.492 e. The molecule has 1 heterocycles. The van der Waals surface area contributed by atoms with Gasteiger partial charge in [0.05, 0.1) is 12.8 Å². The Morgan fingerprint density at radius 1 is 1.25 bits per heavy atom. The Bertz CT molecular complexity index is 644. The number of hydrogen-bond donors (Lipinski definition) is 1. The van der Waals surface area contributed by atoms with Crippen molar-refractivity contribution in [1.29, 1.82) is 0 Å². The molecule has 0 saturated heterocycles. The molecule has 1 amide bonds. The zero-order valence-corrected chi connectivity index (χ0v) is 14.5. The summed E-state index contributed by atoms with van der Waals surface area (Å²) < 4.78 is 5.58. The van der Waals surface area contributed by atoms with Gasteiger partial charge in [-0.05, 0) is 50.7 Å². The number of nitrogens with one attached hydrogen (secondary N) is 1. The van der Waals surface area contributed by atoms with Gasteiger partial charge in [-0.25, -0.2) is 0 Å². The Labute approximate surface area is 143 Å². The second-order valence-electron chi connectivity index (χ2n) is 5.90. The molecule has 128 valence electrons. The summed E-state index contributed by atoms with van der Waals surface area (Å²) >= 11 is 0. The fraction of sp³-hybridized carbons (Fsp3) is 0.368. The highest BCUT2D eigenvalue weighted by Crippen LogP contribution is 2.21. The Hall–Kier alpha value is -2.40. The Morgan fingerprint density at radius 2 is 2.04 bits per heavy atom. The first-order valence-corrected chi connectivity index (χ1v) is 8.12. The van der Waals surface area contributed by atoms with Crippen molar-refractivity contribution in [2.24, 2.45) is 0 Å². The number of aryl methyl sites for hydroxylation is 1. The average Bonchev–Trinajstić information content (AvgIpc) is 2.57. The molecule has 24 heavy (non-hydrogen) atoms. The molecule has 1 atom stereocenters. The van der Waals surface area contributed by atoms with Gasteiger partial charge in [0.2, 0.25) is 5.91 Å². The van der Waals surface area contributed by atoms with Crippen LogP contribution in [0, 0.1) is 6.92 Å². The third-order valence-corrected chi connectivity index (χ3v) is 3.77. The van der Waals surface area contributed by atoms with Gasteiger partial charge in [0.15, 0.2) is 0 Å². The number of amides is 1. The van der Waals surface area contributed by atoms with E-state index in [9.17, 15) is 4.79 Å². The van der Waals surface area contributed by atoms with Crippen molar-refractivity contribution < 1.29 is 9.53 Å². The van der Waals surface area contributed by atoms with Gasteiger partial charge in [0, 0.05) is 12.7 Å². The van der Waals surface area contributed by atoms with Crippen LogP contribution >= 0.6 is 0 Å². The smallest absolute Gasteiger partial charge is 0.241 e. The van der Waals surface area contributed by atoms with E-state index < -0.39 is 0 Å². The lowest BCUT2D eigenvalue weighted by Gasteiger charge is -2.25. The minimum atomic E-state index is -0.287. The van der Waals surface area contributed by atoms with Crippen LogP contribution in [0.1, 0.15) is 23.6 Å². The highest BCUT2D eigenvalue weighted by Gasteiger charge is 2.23. The molecular formula is C19H25N3O2. The largest absolute Gasteiger partial charge is 0.492 e. The van der Waals surface area contributed by atoms with Crippen molar-refractivity contribution in [3.8, 4) is 5.75 Å². The normalized spacial score (nSPS) is 12.0. The molecule has 0 aliphatic rings. The summed E-state index contributed by atoms with van der Waals surface area (Å²) in [6.07, 6.45) is 4.13. The maximum absolute atomic E-state index is 12.6. The zero-order valence-electron chi connectivity index (χ0n) is 14.5. The molecule has 0 radical (unpaired) electrons. The SMILES string of the molecule is Cc1ccccc1C(C(=O)NCCCOc1cccnc1)N(C)C. The fourth-order valence-corrected chi connectivity index (χ4v) is 2.55. The van der Waals surface area contributed by atoms with Crippen LogP contribution in [0.25, 0.3) is 0 Å². The first-order chi connectivity index (χ1) is 11.6. The fourth-order valence-electron chi connectivity index (χ4n) is 2.55. The van der Waals surface area contributed by atoms with Crippen LogP contribution in [0.2, 0.25) is 0 Å².